The molecule has 2 rings (SSSR count). The largest absolute Gasteiger partial charge is 0.465 e. The molecule has 0 N–H and O–H groups in total. The van der Waals surface area contributed by atoms with Crippen molar-refractivity contribution in [2.75, 3.05) is 7.11 Å². The zero-order chi connectivity index (χ0) is 10.1. The molecule has 1 aromatic heterocycles. The van der Waals surface area contributed by atoms with Gasteiger partial charge in [0, 0.05) is 5.39 Å². The molecule has 0 spiro atoms. The average Bonchev–Trinajstić information content (AvgIpc) is 2.67. The summed E-state index contributed by atoms with van der Waals surface area (Å²) < 4.78 is 22.1. The maximum atomic E-state index is 13.2. The van der Waals surface area contributed by atoms with Crippen LogP contribution in [0.25, 0.3) is 10.1 Å². The molecular formula is C9H6FNO2S. The SMILES string of the molecule is COC(=O)c1ccc(F)c2cnsc12. The Morgan fingerprint density at radius 2 is 2.36 bits per heavy atom. The molecule has 14 heavy (non-hydrogen) atoms. The van der Waals surface area contributed by atoms with Gasteiger partial charge in [0.25, 0.3) is 0 Å². The Balaban J connectivity index is 2.72. The number of nitrogens with zero attached hydrogens (tertiary/aromatic N) is 1. The molecule has 0 saturated heterocycles. The molecule has 2 aromatic rings. The molecule has 1 aromatic carbocycles. The Morgan fingerprint density at radius 3 is 3.07 bits per heavy atom. The topological polar surface area (TPSA) is 39.2 Å². The Labute approximate surface area is 83.3 Å². The number of esters is 1. The summed E-state index contributed by atoms with van der Waals surface area (Å²) in [6.45, 7) is 0. The fraction of sp³-hybridized carbons (Fsp3) is 0.111. The molecule has 0 fully saturated rings. The van der Waals surface area contributed by atoms with Crippen LogP contribution < -0.4 is 0 Å². The minimum atomic E-state index is -0.473. The van der Waals surface area contributed by atoms with Crippen LogP contribution in [-0.4, -0.2) is 17.5 Å². The van der Waals surface area contributed by atoms with E-state index in [-0.39, 0.29) is 5.82 Å². The molecular weight excluding hydrogens is 205 g/mol. The Bertz CT molecular complexity index is 495. The number of carbonyl (C=O) groups excluding carboxylic acids is 1. The molecule has 0 atom stereocenters. The normalized spacial score (nSPS) is 10.4. The lowest BCUT2D eigenvalue weighted by Gasteiger charge is -1.99. The molecule has 1 heterocycles. The van der Waals surface area contributed by atoms with E-state index in [4.69, 9.17) is 0 Å². The fourth-order valence-electron chi connectivity index (χ4n) is 1.20. The van der Waals surface area contributed by atoms with E-state index in [1.807, 2.05) is 0 Å². The van der Waals surface area contributed by atoms with E-state index in [0.29, 0.717) is 15.6 Å². The van der Waals surface area contributed by atoms with Crippen LogP contribution in [0.4, 0.5) is 4.39 Å². The van der Waals surface area contributed by atoms with Crippen molar-refractivity contribution in [3.8, 4) is 0 Å². The quantitative estimate of drug-likeness (QED) is 0.679. The number of aromatic nitrogens is 1. The van der Waals surface area contributed by atoms with Crippen LogP contribution in [0.15, 0.2) is 18.3 Å². The summed E-state index contributed by atoms with van der Waals surface area (Å²) >= 11 is 1.08. The summed E-state index contributed by atoms with van der Waals surface area (Å²) in [5.74, 6) is -0.847. The first-order valence-electron chi connectivity index (χ1n) is 3.85. The maximum absolute atomic E-state index is 13.2. The van der Waals surface area contributed by atoms with Gasteiger partial charge >= 0.3 is 5.97 Å². The molecule has 5 heteroatoms. The molecule has 0 radical (unpaired) electrons. The van der Waals surface area contributed by atoms with E-state index in [0.717, 1.165) is 11.5 Å². The molecule has 0 bridgehead atoms. The molecule has 0 aliphatic rings. The summed E-state index contributed by atoms with van der Waals surface area (Å²) in [7, 11) is 1.29. The van der Waals surface area contributed by atoms with E-state index in [2.05, 4.69) is 9.11 Å². The number of carbonyl (C=O) groups is 1. The van der Waals surface area contributed by atoms with Gasteiger partial charge in [-0.25, -0.2) is 9.18 Å². The second-order valence-corrected chi connectivity index (χ2v) is 3.46. The summed E-state index contributed by atoms with van der Waals surface area (Å²) in [6.07, 6.45) is 1.40. The van der Waals surface area contributed by atoms with Gasteiger partial charge in [-0.2, -0.15) is 4.37 Å². The van der Waals surface area contributed by atoms with Crippen molar-refractivity contribution >= 4 is 27.6 Å². The van der Waals surface area contributed by atoms with Crippen LogP contribution in [0.3, 0.4) is 0 Å². The third-order valence-electron chi connectivity index (χ3n) is 1.87. The van der Waals surface area contributed by atoms with Gasteiger partial charge in [0.2, 0.25) is 0 Å². The lowest BCUT2D eigenvalue weighted by atomic mass is 10.2. The smallest absolute Gasteiger partial charge is 0.339 e. The Kier molecular flexibility index (Phi) is 2.17. The number of halogens is 1. The summed E-state index contributed by atoms with van der Waals surface area (Å²) in [5, 5.41) is 0.359. The zero-order valence-corrected chi connectivity index (χ0v) is 8.10. The van der Waals surface area contributed by atoms with E-state index in [1.54, 1.807) is 0 Å². The second kappa shape index (κ2) is 3.34. The Morgan fingerprint density at radius 1 is 1.57 bits per heavy atom. The zero-order valence-electron chi connectivity index (χ0n) is 7.28. The summed E-state index contributed by atoms with van der Waals surface area (Å²) in [4.78, 5) is 11.3. The van der Waals surface area contributed by atoms with Gasteiger partial charge in [-0.1, -0.05) is 0 Å². The number of hydrogen-bond donors (Lipinski definition) is 0. The standard InChI is InChI=1S/C9H6FNO2S/c1-13-9(12)5-2-3-7(10)6-4-11-14-8(5)6/h2-4H,1H3. The molecule has 0 aliphatic carbocycles. The highest BCUT2D eigenvalue weighted by molar-refractivity contribution is 7.13. The highest BCUT2D eigenvalue weighted by Crippen LogP contribution is 2.25. The molecule has 0 amide bonds. The van der Waals surface area contributed by atoms with E-state index < -0.39 is 5.97 Å². The Hall–Kier alpha value is -1.49. The third-order valence-corrected chi connectivity index (χ3v) is 2.71. The van der Waals surface area contributed by atoms with Crippen molar-refractivity contribution in [1.29, 1.82) is 0 Å². The van der Waals surface area contributed by atoms with Gasteiger partial charge in [-0.15, -0.1) is 0 Å². The van der Waals surface area contributed by atoms with Gasteiger partial charge in [-0.05, 0) is 23.7 Å². The van der Waals surface area contributed by atoms with Crippen molar-refractivity contribution in [2.24, 2.45) is 0 Å². The van der Waals surface area contributed by atoms with Crippen LogP contribution >= 0.6 is 11.5 Å². The number of rotatable bonds is 1. The van der Waals surface area contributed by atoms with Gasteiger partial charge in [0.1, 0.15) is 5.82 Å². The molecule has 0 saturated carbocycles. The molecule has 3 nitrogen and oxygen atoms in total. The maximum Gasteiger partial charge on any atom is 0.339 e. The number of ether oxygens (including phenoxy) is 1. The minimum absolute atomic E-state index is 0.353. The van der Waals surface area contributed by atoms with Gasteiger partial charge in [-0.3, -0.25) is 0 Å². The van der Waals surface area contributed by atoms with E-state index in [1.165, 1.54) is 25.4 Å². The van der Waals surface area contributed by atoms with Gasteiger partial charge in [0.15, 0.2) is 0 Å². The van der Waals surface area contributed by atoms with E-state index in [9.17, 15) is 9.18 Å². The predicted molar refractivity (Wildman–Crippen MR) is 50.9 cm³/mol. The predicted octanol–water partition coefficient (Wildman–Crippen LogP) is 2.22. The monoisotopic (exact) mass is 211 g/mol. The van der Waals surface area contributed by atoms with E-state index >= 15 is 0 Å². The molecule has 0 aliphatic heterocycles. The lowest BCUT2D eigenvalue weighted by Crippen LogP contribution is -2.01. The summed E-state index contributed by atoms with van der Waals surface area (Å²) in [6, 6.07) is 2.64. The number of methoxy groups -OCH3 is 1. The highest BCUT2D eigenvalue weighted by atomic mass is 32.1. The first-order chi connectivity index (χ1) is 6.74. The molecule has 72 valence electrons. The number of fused-ring (bicyclic) bond motifs is 1. The van der Waals surface area contributed by atoms with Crippen molar-refractivity contribution < 1.29 is 13.9 Å². The van der Waals surface area contributed by atoms with Crippen molar-refractivity contribution in [3.05, 3.63) is 29.7 Å². The third kappa shape index (κ3) is 1.26. The number of benzene rings is 1. The lowest BCUT2D eigenvalue weighted by molar-refractivity contribution is 0.0603. The average molecular weight is 211 g/mol. The molecule has 0 unspecified atom stereocenters. The van der Waals surface area contributed by atoms with Crippen LogP contribution in [0, 0.1) is 5.82 Å². The fourth-order valence-corrected chi connectivity index (χ4v) is 1.96. The van der Waals surface area contributed by atoms with Gasteiger partial charge in [0.05, 0.1) is 23.6 Å². The highest BCUT2D eigenvalue weighted by Gasteiger charge is 2.14. The van der Waals surface area contributed by atoms with Crippen molar-refractivity contribution in [1.82, 2.24) is 4.37 Å². The van der Waals surface area contributed by atoms with Crippen LogP contribution in [0.1, 0.15) is 10.4 Å². The first kappa shape index (κ1) is 9.08. The first-order valence-corrected chi connectivity index (χ1v) is 4.62. The van der Waals surface area contributed by atoms with Gasteiger partial charge < -0.3 is 4.74 Å². The summed E-state index contributed by atoms with van der Waals surface area (Å²) in [5.41, 5.74) is 0.353. The van der Waals surface area contributed by atoms with Crippen LogP contribution in [0.5, 0.6) is 0 Å². The second-order valence-electron chi connectivity index (χ2n) is 2.66. The van der Waals surface area contributed by atoms with Crippen molar-refractivity contribution in [3.63, 3.8) is 0 Å². The minimum Gasteiger partial charge on any atom is -0.465 e. The van der Waals surface area contributed by atoms with Crippen LogP contribution in [0.2, 0.25) is 0 Å². The van der Waals surface area contributed by atoms with Crippen molar-refractivity contribution in [2.45, 2.75) is 0 Å². The van der Waals surface area contributed by atoms with Crippen LogP contribution in [-0.2, 0) is 4.74 Å². The number of hydrogen-bond acceptors (Lipinski definition) is 4.